The van der Waals surface area contributed by atoms with Gasteiger partial charge in [-0.2, -0.15) is 0 Å². The summed E-state index contributed by atoms with van der Waals surface area (Å²) < 4.78 is 6.55. The summed E-state index contributed by atoms with van der Waals surface area (Å²) in [6.45, 7) is 9.11. The van der Waals surface area contributed by atoms with Crippen LogP contribution >= 0.6 is 0 Å². The molecule has 57 heavy (non-hydrogen) atoms. The van der Waals surface area contributed by atoms with Crippen LogP contribution in [0.1, 0.15) is 50.3 Å². The lowest BCUT2D eigenvalue weighted by molar-refractivity contribution is 0.268. The van der Waals surface area contributed by atoms with Crippen molar-refractivity contribution in [2.45, 2.75) is 45.1 Å². The van der Waals surface area contributed by atoms with Gasteiger partial charge in [0.25, 0.3) is 0 Å². The van der Waals surface area contributed by atoms with Crippen LogP contribution < -0.4 is 9.64 Å². The molecule has 10 rings (SSSR count). The standard InChI is InChI=1S/C55H45NO/c1-5-16-43(41-29-32-52-48(34-41)49-33-39-19-9-10-20-40(39)35-53(49)57-52)36(2)56(51-26-14-12-21-44(51)37-17-7-6-8-18-37)42-30-27-38(28-31-42)45-23-15-24-47-46-22-11-13-25-50(46)55(3,4)54(45)47/h5-35,48,52H,1-4H3/b16-5-,43-36-. The minimum absolute atomic E-state index is 0.0209. The predicted octanol–water partition coefficient (Wildman–Crippen LogP) is 14.5. The zero-order valence-electron chi connectivity index (χ0n) is 32.9. The summed E-state index contributed by atoms with van der Waals surface area (Å²) in [5.41, 5.74) is 17.3. The van der Waals surface area contributed by atoms with E-state index in [1.165, 1.54) is 72.0 Å². The molecule has 2 unspecified atom stereocenters. The second-order valence-electron chi connectivity index (χ2n) is 16.0. The van der Waals surface area contributed by atoms with Crippen molar-refractivity contribution in [3.8, 4) is 39.1 Å². The SMILES string of the molecule is C/C=C\C(C1=CC2c3cc4ccccc4cc3OC2C=C1)=C(/C)N(c1ccc(-c2cccc3c2C(C)(C)c2ccccc2-3)cc1)c1ccccc1-c1ccccc1. The summed E-state index contributed by atoms with van der Waals surface area (Å²) >= 11 is 0. The van der Waals surface area contributed by atoms with Crippen molar-refractivity contribution in [2.24, 2.45) is 0 Å². The van der Waals surface area contributed by atoms with Crippen molar-refractivity contribution in [3.05, 3.63) is 222 Å². The van der Waals surface area contributed by atoms with Crippen LogP contribution in [-0.4, -0.2) is 6.10 Å². The molecule has 3 aliphatic rings. The summed E-state index contributed by atoms with van der Waals surface area (Å²) in [7, 11) is 0. The average Bonchev–Trinajstić information content (AvgIpc) is 3.73. The first-order chi connectivity index (χ1) is 27.9. The number of anilines is 2. The van der Waals surface area contributed by atoms with Crippen LogP contribution in [-0.2, 0) is 5.41 Å². The molecule has 0 radical (unpaired) electrons. The van der Waals surface area contributed by atoms with Gasteiger partial charge in [-0.15, -0.1) is 0 Å². The first kappa shape index (κ1) is 34.8. The maximum absolute atomic E-state index is 6.55. The molecule has 1 aliphatic heterocycles. The average molecular weight is 736 g/mol. The first-order valence-corrected chi connectivity index (χ1v) is 20.1. The van der Waals surface area contributed by atoms with E-state index in [1.807, 2.05) is 0 Å². The van der Waals surface area contributed by atoms with Crippen LogP contribution in [0.2, 0.25) is 0 Å². The van der Waals surface area contributed by atoms with Gasteiger partial charge in [-0.05, 0) is 106 Å². The Hall–Kier alpha value is -6.64. The lowest BCUT2D eigenvalue weighted by Gasteiger charge is -2.31. The van der Waals surface area contributed by atoms with Gasteiger partial charge < -0.3 is 9.64 Å². The fraction of sp³-hybridized carbons (Fsp3) is 0.127. The smallest absolute Gasteiger partial charge is 0.128 e. The number of hydrogen-bond acceptors (Lipinski definition) is 2. The molecule has 7 aromatic carbocycles. The number of allylic oxidation sites excluding steroid dienone is 6. The van der Waals surface area contributed by atoms with E-state index in [9.17, 15) is 0 Å². The molecule has 0 aromatic heterocycles. The van der Waals surface area contributed by atoms with Gasteiger partial charge in [0.1, 0.15) is 11.9 Å². The highest BCUT2D eigenvalue weighted by Gasteiger charge is 2.37. The van der Waals surface area contributed by atoms with E-state index in [2.05, 4.69) is 221 Å². The minimum atomic E-state index is -0.0964. The third-order valence-electron chi connectivity index (χ3n) is 12.3. The van der Waals surface area contributed by atoms with Gasteiger partial charge in [0.05, 0.1) is 5.69 Å². The number of fused-ring (bicyclic) bond motifs is 7. The summed E-state index contributed by atoms with van der Waals surface area (Å²) in [6.07, 6.45) is 11.3. The van der Waals surface area contributed by atoms with Gasteiger partial charge in [0.2, 0.25) is 0 Å². The molecule has 276 valence electrons. The van der Waals surface area contributed by atoms with Crippen molar-refractivity contribution >= 4 is 22.1 Å². The highest BCUT2D eigenvalue weighted by Crippen LogP contribution is 2.52. The Morgan fingerprint density at radius 3 is 2.09 bits per heavy atom. The van der Waals surface area contributed by atoms with Crippen molar-refractivity contribution in [2.75, 3.05) is 4.90 Å². The van der Waals surface area contributed by atoms with Gasteiger partial charge in [-0.3, -0.25) is 0 Å². The highest BCUT2D eigenvalue weighted by atomic mass is 16.5. The summed E-state index contributed by atoms with van der Waals surface area (Å²) in [5.74, 6) is 1.11. The maximum atomic E-state index is 6.55. The van der Waals surface area contributed by atoms with E-state index in [0.717, 1.165) is 22.8 Å². The van der Waals surface area contributed by atoms with Gasteiger partial charge in [-0.25, -0.2) is 0 Å². The molecule has 0 saturated heterocycles. The molecule has 0 amide bonds. The monoisotopic (exact) mass is 735 g/mol. The fourth-order valence-electron chi connectivity index (χ4n) is 9.60. The Morgan fingerprint density at radius 2 is 1.30 bits per heavy atom. The van der Waals surface area contributed by atoms with E-state index in [4.69, 9.17) is 4.74 Å². The molecular weight excluding hydrogens is 691 g/mol. The first-order valence-electron chi connectivity index (χ1n) is 20.1. The molecule has 2 nitrogen and oxygen atoms in total. The molecular formula is C55H45NO. The Morgan fingerprint density at radius 1 is 0.649 bits per heavy atom. The second kappa shape index (κ2) is 13.8. The zero-order chi connectivity index (χ0) is 38.7. The lowest BCUT2D eigenvalue weighted by Crippen LogP contribution is -2.20. The van der Waals surface area contributed by atoms with Crippen LogP contribution in [0.4, 0.5) is 11.4 Å². The molecule has 2 heteroatoms. The van der Waals surface area contributed by atoms with E-state index in [-0.39, 0.29) is 17.4 Å². The van der Waals surface area contributed by atoms with Gasteiger partial charge in [0, 0.05) is 39.4 Å². The molecule has 2 atom stereocenters. The molecule has 0 N–H and O–H groups in total. The molecule has 7 aromatic rings. The third-order valence-corrected chi connectivity index (χ3v) is 12.3. The van der Waals surface area contributed by atoms with Crippen molar-refractivity contribution < 1.29 is 4.74 Å². The molecule has 0 saturated carbocycles. The normalized spacial score (nSPS) is 17.6. The van der Waals surface area contributed by atoms with Crippen LogP contribution in [0.15, 0.2) is 205 Å². The predicted molar refractivity (Wildman–Crippen MR) is 239 cm³/mol. The van der Waals surface area contributed by atoms with Crippen LogP contribution in [0, 0.1) is 0 Å². The Kier molecular flexibility index (Phi) is 8.45. The van der Waals surface area contributed by atoms with Crippen LogP contribution in [0.5, 0.6) is 5.75 Å². The molecule has 1 heterocycles. The number of rotatable bonds is 7. The van der Waals surface area contributed by atoms with Crippen LogP contribution in [0.3, 0.4) is 0 Å². The number of ether oxygens (including phenoxy) is 1. The summed E-state index contributed by atoms with van der Waals surface area (Å²) in [6, 6.07) is 57.5. The van der Waals surface area contributed by atoms with Crippen molar-refractivity contribution in [3.63, 3.8) is 0 Å². The Labute approximate surface area is 336 Å². The van der Waals surface area contributed by atoms with E-state index in [1.54, 1.807) is 0 Å². The number of nitrogens with zero attached hydrogens (tertiary/aromatic N) is 1. The summed E-state index contributed by atoms with van der Waals surface area (Å²) in [5, 5.41) is 2.45. The largest absolute Gasteiger partial charge is 0.485 e. The summed E-state index contributed by atoms with van der Waals surface area (Å²) in [4.78, 5) is 2.45. The zero-order valence-corrected chi connectivity index (χ0v) is 32.9. The van der Waals surface area contributed by atoms with Crippen LogP contribution in [0.25, 0.3) is 44.2 Å². The van der Waals surface area contributed by atoms with E-state index < -0.39 is 0 Å². The van der Waals surface area contributed by atoms with E-state index >= 15 is 0 Å². The second-order valence-corrected chi connectivity index (χ2v) is 16.0. The number of benzene rings is 7. The molecule has 0 spiro atoms. The number of hydrogen-bond donors (Lipinski definition) is 0. The Bertz CT molecular complexity index is 2820. The quantitative estimate of drug-likeness (QED) is 0.151. The number of para-hydroxylation sites is 1. The molecule has 0 fully saturated rings. The van der Waals surface area contributed by atoms with Gasteiger partial charge in [0.15, 0.2) is 0 Å². The maximum Gasteiger partial charge on any atom is 0.128 e. The fourth-order valence-corrected chi connectivity index (χ4v) is 9.60. The highest BCUT2D eigenvalue weighted by molar-refractivity contribution is 5.90. The molecule has 0 bridgehead atoms. The van der Waals surface area contributed by atoms with E-state index in [0.29, 0.717) is 0 Å². The minimum Gasteiger partial charge on any atom is -0.485 e. The Balaban J connectivity index is 1.11. The lowest BCUT2D eigenvalue weighted by atomic mass is 9.79. The van der Waals surface area contributed by atoms with Crippen molar-refractivity contribution in [1.29, 1.82) is 0 Å². The molecule has 2 aliphatic carbocycles. The third kappa shape index (κ3) is 5.78. The van der Waals surface area contributed by atoms with Gasteiger partial charge in [-0.1, -0.05) is 166 Å². The topological polar surface area (TPSA) is 12.5 Å². The van der Waals surface area contributed by atoms with Crippen molar-refractivity contribution in [1.82, 2.24) is 0 Å². The van der Waals surface area contributed by atoms with Gasteiger partial charge >= 0.3 is 0 Å².